The molecule has 0 bridgehead atoms. The van der Waals surface area contributed by atoms with Crippen molar-refractivity contribution < 1.29 is 18.9 Å². The molecule has 0 amide bonds. The molecule has 1 aliphatic heterocycles. The summed E-state index contributed by atoms with van der Waals surface area (Å²) in [6, 6.07) is 23.8. The van der Waals surface area contributed by atoms with Crippen LogP contribution in [0.3, 0.4) is 0 Å². The molecule has 4 nitrogen and oxygen atoms in total. The fraction of sp³-hybridized carbons (Fsp3) is 0.314. The Morgan fingerprint density at radius 2 is 1.37 bits per heavy atom. The molecule has 1 aliphatic rings. The lowest BCUT2D eigenvalue weighted by molar-refractivity contribution is -0.136. The summed E-state index contributed by atoms with van der Waals surface area (Å²) < 4.78 is 25.1. The Balaban J connectivity index is 1.63. The van der Waals surface area contributed by atoms with Crippen LogP contribution in [0.4, 0.5) is 0 Å². The molecule has 0 unspecified atom stereocenters. The van der Waals surface area contributed by atoms with Crippen LogP contribution in [0.15, 0.2) is 117 Å². The molecule has 216 valence electrons. The number of rotatable bonds is 17. The van der Waals surface area contributed by atoms with Gasteiger partial charge in [-0.1, -0.05) is 78.9 Å². The molecule has 0 spiro atoms. The lowest BCUT2D eigenvalue weighted by Gasteiger charge is -2.46. The van der Waals surface area contributed by atoms with E-state index in [1.165, 1.54) is 26.4 Å². The van der Waals surface area contributed by atoms with Gasteiger partial charge >= 0.3 is 0 Å². The summed E-state index contributed by atoms with van der Waals surface area (Å²) in [6.45, 7) is 17.6. The van der Waals surface area contributed by atoms with E-state index in [4.69, 9.17) is 18.9 Å². The Bertz CT molecular complexity index is 1250. The largest absolute Gasteiger partial charge is 0.376 e. The number of ether oxygens (including phenoxy) is 4. The zero-order valence-electron chi connectivity index (χ0n) is 23.6. The molecule has 0 saturated carbocycles. The summed E-state index contributed by atoms with van der Waals surface area (Å²) in [4.78, 5) is 2.62. The second kappa shape index (κ2) is 16.7. The smallest absolute Gasteiger partial charge is 0.113 e. The van der Waals surface area contributed by atoms with Crippen LogP contribution in [0.1, 0.15) is 21.3 Å². The lowest BCUT2D eigenvalue weighted by Crippen LogP contribution is -2.55. The fourth-order valence-electron chi connectivity index (χ4n) is 5.01. The van der Waals surface area contributed by atoms with Crippen molar-refractivity contribution in [1.29, 1.82) is 0 Å². The van der Waals surface area contributed by atoms with Gasteiger partial charge in [0.05, 0.1) is 43.5 Å². The summed E-state index contributed by atoms with van der Waals surface area (Å²) in [7, 11) is 0. The average molecular weight is 589 g/mol. The highest BCUT2D eigenvalue weighted by atomic mass is 32.2. The van der Waals surface area contributed by atoms with Crippen LogP contribution in [-0.4, -0.2) is 56.6 Å². The number of hydrogen-bond donors (Lipinski definition) is 0. The first-order valence-corrected chi connectivity index (χ1v) is 15.7. The molecule has 1 fully saturated rings. The maximum atomic E-state index is 6.44. The van der Waals surface area contributed by atoms with Gasteiger partial charge in [0.15, 0.2) is 0 Å². The first-order chi connectivity index (χ1) is 20.2. The van der Waals surface area contributed by atoms with Gasteiger partial charge in [-0.15, -0.1) is 49.4 Å². The third-order valence-corrected chi connectivity index (χ3v) is 9.47. The van der Waals surface area contributed by atoms with Gasteiger partial charge in [-0.3, -0.25) is 0 Å². The van der Waals surface area contributed by atoms with Gasteiger partial charge in [0.25, 0.3) is 0 Å². The lowest BCUT2D eigenvalue weighted by atomic mass is 9.95. The van der Waals surface area contributed by atoms with Crippen molar-refractivity contribution in [3.05, 3.63) is 133 Å². The molecular formula is C35H40O4S2. The van der Waals surface area contributed by atoms with E-state index in [1.54, 1.807) is 24.3 Å². The van der Waals surface area contributed by atoms with E-state index in [-0.39, 0.29) is 28.8 Å². The third kappa shape index (κ3) is 8.65. The minimum atomic E-state index is -0.328. The highest BCUT2D eigenvalue weighted by Gasteiger charge is 2.48. The zero-order chi connectivity index (χ0) is 28.9. The second-order valence-electron chi connectivity index (χ2n) is 9.73. The van der Waals surface area contributed by atoms with Crippen LogP contribution in [0.25, 0.3) is 10.4 Å². The van der Waals surface area contributed by atoms with Crippen LogP contribution in [0.5, 0.6) is 0 Å². The SMILES string of the molecule is C=CCOC[C@H]1S[C@@H](c2cccc(Cc3ccc(-c4ccccc4)s3)c2)[C@H](OCC=C)[C@@H](OCC=C)[C@@H]1OCC=C. The highest BCUT2D eigenvalue weighted by Crippen LogP contribution is 2.47. The average Bonchev–Trinajstić information content (AvgIpc) is 3.47. The minimum absolute atomic E-state index is 0.00819. The van der Waals surface area contributed by atoms with Crippen molar-refractivity contribution in [2.24, 2.45) is 0 Å². The summed E-state index contributed by atoms with van der Waals surface area (Å²) in [5, 5.41) is 0.0292. The van der Waals surface area contributed by atoms with Crippen LogP contribution in [-0.2, 0) is 25.4 Å². The third-order valence-electron chi connectivity index (χ3n) is 6.75. The quantitative estimate of drug-likeness (QED) is 0.118. The van der Waals surface area contributed by atoms with E-state index >= 15 is 0 Å². The summed E-state index contributed by atoms with van der Waals surface area (Å²) in [6.07, 6.45) is 7.11. The van der Waals surface area contributed by atoms with Gasteiger partial charge in [0.1, 0.15) is 18.3 Å². The predicted molar refractivity (Wildman–Crippen MR) is 174 cm³/mol. The van der Waals surface area contributed by atoms with Crippen molar-refractivity contribution in [1.82, 2.24) is 0 Å². The van der Waals surface area contributed by atoms with Gasteiger partial charge in [-0.05, 0) is 28.8 Å². The van der Waals surface area contributed by atoms with E-state index in [9.17, 15) is 0 Å². The van der Waals surface area contributed by atoms with Crippen molar-refractivity contribution in [3.63, 3.8) is 0 Å². The monoisotopic (exact) mass is 588 g/mol. The Morgan fingerprint density at radius 1 is 0.683 bits per heavy atom. The Labute approximate surface area is 253 Å². The maximum absolute atomic E-state index is 6.44. The van der Waals surface area contributed by atoms with Crippen molar-refractivity contribution in [3.8, 4) is 10.4 Å². The molecule has 0 radical (unpaired) electrons. The summed E-state index contributed by atoms with van der Waals surface area (Å²) >= 11 is 3.67. The van der Waals surface area contributed by atoms with Crippen molar-refractivity contribution >= 4 is 23.1 Å². The van der Waals surface area contributed by atoms with Gasteiger partial charge in [-0.2, -0.15) is 0 Å². The van der Waals surface area contributed by atoms with Gasteiger partial charge in [0.2, 0.25) is 0 Å². The van der Waals surface area contributed by atoms with Crippen LogP contribution < -0.4 is 0 Å². The highest BCUT2D eigenvalue weighted by molar-refractivity contribution is 8.00. The van der Waals surface area contributed by atoms with E-state index < -0.39 is 0 Å². The summed E-state index contributed by atoms with van der Waals surface area (Å²) in [5.41, 5.74) is 3.71. The first kappa shape index (κ1) is 31.2. The topological polar surface area (TPSA) is 36.9 Å². The van der Waals surface area contributed by atoms with Crippen molar-refractivity contribution in [2.75, 3.05) is 33.0 Å². The van der Waals surface area contributed by atoms with E-state index in [0.29, 0.717) is 33.0 Å². The molecule has 0 aliphatic carbocycles. The molecule has 6 heteroatoms. The first-order valence-electron chi connectivity index (χ1n) is 13.9. The molecule has 1 saturated heterocycles. The number of thioether (sulfide) groups is 1. The molecule has 2 aromatic carbocycles. The van der Waals surface area contributed by atoms with E-state index in [0.717, 1.165) is 6.42 Å². The maximum Gasteiger partial charge on any atom is 0.113 e. The minimum Gasteiger partial charge on any atom is -0.376 e. The van der Waals surface area contributed by atoms with Crippen LogP contribution in [0.2, 0.25) is 0 Å². The molecule has 0 N–H and O–H groups in total. The predicted octanol–water partition coefficient (Wildman–Crippen LogP) is 8.08. The summed E-state index contributed by atoms with van der Waals surface area (Å²) in [5.74, 6) is 0. The fourth-order valence-corrected chi connectivity index (χ4v) is 7.69. The van der Waals surface area contributed by atoms with Gasteiger partial charge < -0.3 is 18.9 Å². The Morgan fingerprint density at radius 3 is 2.07 bits per heavy atom. The molecule has 2 heterocycles. The number of benzene rings is 2. The second-order valence-corrected chi connectivity index (χ2v) is 12.3. The van der Waals surface area contributed by atoms with E-state index in [1.807, 2.05) is 23.1 Å². The van der Waals surface area contributed by atoms with Crippen LogP contribution >= 0.6 is 23.1 Å². The molecule has 5 atom stereocenters. The van der Waals surface area contributed by atoms with Crippen molar-refractivity contribution in [2.45, 2.75) is 35.2 Å². The number of thiophene rings is 1. The standard InChI is InChI=1S/C35H40O4S2/c1-5-19-36-25-31-32(37-20-6-2)33(38-21-7-3)34(39-22-8-4)35(41-31)28-16-12-13-26(23-28)24-29-17-18-30(40-29)27-14-10-9-11-15-27/h5-18,23,31-35H,1-4,19-22,24-25H2/t31-,32-,33+,34-,35+/m1/s1. The molecule has 4 rings (SSSR count). The zero-order valence-corrected chi connectivity index (χ0v) is 25.2. The molecule has 41 heavy (non-hydrogen) atoms. The van der Waals surface area contributed by atoms with Gasteiger partial charge in [0, 0.05) is 16.2 Å². The van der Waals surface area contributed by atoms with Gasteiger partial charge in [-0.25, -0.2) is 0 Å². The van der Waals surface area contributed by atoms with E-state index in [2.05, 4.69) is 93.0 Å². The molecule has 1 aromatic heterocycles. The van der Waals surface area contributed by atoms with Crippen LogP contribution in [0, 0.1) is 0 Å². The molecular weight excluding hydrogens is 549 g/mol. The molecule has 3 aromatic rings. The Hall–Kier alpha value is -2.71. The Kier molecular flexibility index (Phi) is 12.7. The number of hydrogen-bond acceptors (Lipinski definition) is 6. The normalized spacial score (nSPS) is 22.2.